The standard InChI is InChI=1S/C9H13.C8H11.2ClH.Zr/c1-6-5-7(2)9(4)8(6)3;1-2-5-8-6-3-4-7-8;;;/h5H,1-4H3;3,6H,2,4-5H2,1H3;2*1H;/q2*-1;;;+4/p-2. The number of aryl methyl sites for hydroxylation is 2. The van der Waals surface area contributed by atoms with Crippen LogP contribution in [-0.2, 0) is 26.2 Å². The van der Waals surface area contributed by atoms with Crippen LogP contribution in [-0.4, -0.2) is 0 Å². The molecule has 0 unspecified atom stereocenters. The fraction of sp³-hybridized carbons (Fsp3) is 0.471. The zero-order valence-corrected chi connectivity index (χ0v) is 17.1. The van der Waals surface area contributed by atoms with Crippen molar-refractivity contribution in [3.05, 3.63) is 52.1 Å². The minimum absolute atomic E-state index is 0. The second-order valence-corrected chi connectivity index (χ2v) is 4.82. The maximum atomic E-state index is 3.26. The first-order chi connectivity index (χ1) is 8.06. The molecule has 0 bridgehead atoms. The van der Waals surface area contributed by atoms with E-state index >= 15 is 0 Å². The van der Waals surface area contributed by atoms with Gasteiger partial charge in [0.25, 0.3) is 0 Å². The third-order valence-electron chi connectivity index (χ3n) is 3.46. The van der Waals surface area contributed by atoms with E-state index in [1.54, 1.807) is 0 Å². The molecular weight excluding hydrogens is 366 g/mol. The summed E-state index contributed by atoms with van der Waals surface area (Å²) in [6, 6.07) is 2.24. The maximum absolute atomic E-state index is 3.26. The molecule has 0 spiro atoms. The molecule has 1 aliphatic rings. The normalized spacial score (nSPS) is 11.3. The van der Waals surface area contributed by atoms with Crippen molar-refractivity contribution in [2.75, 3.05) is 0 Å². The minimum atomic E-state index is 0. The van der Waals surface area contributed by atoms with Crippen molar-refractivity contribution < 1.29 is 51.0 Å². The quantitative estimate of drug-likeness (QED) is 0.576. The molecule has 0 aliphatic heterocycles. The summed E-state index contributed by atoms with van der Waals surface area (Å²) in [6.45, 7) is 10.9. The molecule has 1 aliphatic carbocycles. The molecule has 0 aromatic heterocycles. The Hall–Kier alpha value is 0.293. The first kappa shape index (κ1) is 25.3. The van der Waals surface area contributed by atoms with E-state index in [4.69, 9.17) is 0 Å². The molecule has 0 atom stereocenters. The van der Waals surface area contributed by atoms with Gasteiger partial charge in [0.1, 0.15) is 0 Å². The Morgan fingerprint density at radius 1 is 1.05 bits per heavy atom. The van der Waals surface area contributed by atoms with Crippen LogP contribution in [0.1, 0.15) is 48.4 Å². The number of hydrogen-bond donors (Lipinski definition) is 0. The number of halogens is 2. The van der Waals surface area contributed by atoms with Gasteiger partial charge in [0.15, 0.2) is 0 Å². The van der Waals surface area contributed by atoms with Crippen molar-refractivity contribution in [2.24, 2.45) is 0 Å². The van der Waals surface area contributed by atoms with Crippen LogP contribution in [0.2, 0.25) is 0 Å². The third-order valence-corrected chi connectivity index (χ3v) is 3.46. The molecule has 0 nitrogen and oxygen atoms in total. The van der Waals surface area contributed by atoms with Gasteiger partial charge in [0.05, 0.1) is 0 Å². The summed E-state index contributed by atoms with van der Waals surface area (Å²) in [6.07, 6.45) is 11.1. The van der Waals surface area contributed by atoms with E-state index in [1.807, 2.05) is 0 Å². The van der Waals surface area contributed by atoms with Crippen LogP contribution < -0.4 is 24.8 Å². The third kappa shape index (κ3) is 7.91. The van der Waals surface area contributed by atoms with Crippen molar-refractivity contribution in [2.45, 2.75) is 53.9 Å². The van der Waals surface area contributed by atoms with Crippen molar-refractivity contribution in [3.63, 3.8) is 0 Å². The van der Waals surface area contributed by atoms with Gasteiger partial charge in [-0.1, -0.05) is 47.5 Å². The van der Waals surface area contributed by atoms with Crippen LogP contribution in [0.15, 0.2) is 23.8 Å². The van der Waals surface area contributed by atoms with Gasteiger partial charge in [-0.15, -0.1) is 6.42 Å². The van der Waals surface area contributed by atoms with Crippen LogP contribution in [0.3, 0.4) is 0 Å². The van der Waals surface area contributed by atoms with Gasteiger partial charge in [-0.2, -0.15) is 34.4 Å². The van der Waals surface area contributed by atoms with Gasteiger partial charge in [0.2, 0.25) is 0 Å². The molecule has 0 amide bonds. The van der Waals surface area contributed by atoms with Crippen LogP contribution >= 0.6 is 0 Å². The van der Waals surface area contributed by atoms with Crippen LogP contribution in [0.25, 0.3) is 0 Å². The Bertz CT molecular complexity index is 406. The number of hydrogen-bond acceptors (Lipinski definition) is 0. The Kier molecular flexibility index (Phi) is 16.4. The van der Waals surface area contributed by atoms with E-state index < -0.39 is 0 Å². The molecule has 1 aromatic rings. The van der Waals surface area contributed by atoms with Crippen molar-refractivity contribution in [1.29, 1.82) is 0 Å². The maximum Gasteiger partial charge on any atom is 4.00 e. The topological polar surface area (TPSA) is 0 Å². The largest absolute Gasteiger partial charge is 4.00 e. The summed E-state index contributed by atoms with van der Waals surface area (Å²) in [5, 5.41) is 0. The Morgan fingerprint density at radius 3 is 1.80 bits per heavy atom. The van der Waals surface area contributed by atoms with E-state index in [0.29, 0.717) is 0 Å². The molecule has 3 heteroatoms. The summed E-state index contributed by atoms with van der Waals surface area (Å²) >= 11 is 0. The first-order valence-electron chi connectivity index (χ1n) is 6.52. The fourth-order valence-corrected chi connectivity index (χ4v) is 2.02. The fourth-order valence-electron chi connectivity index (χ4n) is 2.02. The van der Waals surface area contributed by atoms with Crippen molar-refractivity contribution in [1.82, 2.24) is 0 Å². The second kappa shape index (κ2) is 13.0. The van der Waals surface area contributed by atoms with Crippen molar-refractivity contribution >= 4 is 0 Å². The molecule has 2 rings (SSSR count). The van der Waals surface area contributed by atoms with E-state index in [-0.39, 0.29) is 51.0 Å². The summed E-state index contributed by atoms with van der Waals surface area (Å²) in [5.74, 6) is 0. The van der Waals surface area contributed by atoms with Gasteiger partial charge >= 0.3 is 26.2 Å². The predicted molar refractivity (Wildman–Crippen MR) is 76.4 cm³/mol. The molecule has 0 fully saturated rings. The van der Waals surface area contributed by atoms with E-state index in [1.165, 1.54) is 40.7 Å². The second-order valence-electron chi connectivity index (χ2n) is 4.82. The molecule has 1 aromatic carbocycles. The number of rotatable bonds is 2. The summed E-state index contributed by atoms with van der Waals surface area (Å²) in [4.78, 5) is 0. The molecule has 20 heavy (non-hydrogen) atoms. The summed E-state index contributed by atoms with van der Waals surface area (Å²) in [7, 11) is 0. The van der Waals surface area contributed by atoms with Crippen LogP contribution in [0.5, 0.6) is 0 Å². The average Bonchev–Trinajstić information content (AvgIpc) is 2.87. The first-order valence-corrected chi connectivity index (χ1v) is 6.52. The Balaban J connectivity index is -0.000000252. The molecule has 0 heterocycles. The van der Waals surface area contributed by atoms with Crippen molar-refractivity contribution in [3.8, 4) is 0 Å². The zero-order chi connectivity index (χ0) is 12.8. The Morgan fingerprint density at radius 2 is 1.55 bits per heavy atom. The smallest absolute Gasteiger partial charge is 1.00 e. The minimum Gasteiger partial charge on any atom is -1.00 e. The SMILES string of the molecule is CCCC1=[C-]CC=C1.Cc1[cH-]c(C)c(C)c1C.[Cl-].[Cl-].[Zr+4]. The molecule has 0 saturated heterocycles. The van der Waals surface area contributed by atoms with Gasteiger partial charge in [-0.05, 0) is 0 Å². The van der Waals surface area contributed by atoms with E-state index in [2.05, 4.69) is 58.9 Å². The van der Waals surface area contributed by atoms with Crippen LogP contribution in [0, 0.1) is 33.8 Å². The molecule has 0 saturated carbocycles. The van der Waals surface area contributed by atoms with Gasteiger partial charge in [-0.25, -0.2) is 11.6 Å². The van der Waals surface area contributed by atoms with Gasteiger partial charge in [-0.3, -0.25) is 6.08 Å². The molecule has 0 N–H and O–H groups in total. The molecule has 110 valence electrons. The van der Waals surface area contributed by atoms with Crippen LogP contribution in [0.4, 0.5) is 0 Å². The Labute approximate surface area is 156 Å². The summed E-state index contributed by atoms with van der Waals surface area (Å²) in [5.41, 5.74) is 7.14. The summed E-state index contributed by atoms with van der Waals surface area (Å²) < 4.78 is 0. The molecule has 0 radical (unpaired) electrons. The zero-order valence-electron chi connectivity index (χ0n) is 13.1. The predicted octanol–water partition coefficient (Wildman–Crippen LogP) is -0.879. The average molecular weight is 391 g/mol. The monoisotopic (exact) mass is 388 g/mol. The van der Waals surface area contributed by atoms with Gasteiger partial charge < -0.3 is 24.8 Å². The van der Waals surface area contributed by atoms with E-state index in [0.717, 1.165) is 6.42 Å². The van der Waals surface area contributed by atoms with Gasteiger partial charge in [0, 0.05) is 0 Å². The van der Waals surface area contributed by atoms with E-state index in [9.17, 15) is 0 Å². The molecular formula is C17H24Cl2Zr. The number of allylic oxidation sites excluding steroid dienone is 4.